The van der Waals surface area contributed by atoms with Gasteiger partial charge in [0.25, 0.3) is 0 Å². The van der Waals surface area contributed by atoms with E-state index in [-0.39, 0.29) is 6.09 Å². The van der Waals surface area contributed by atoms with E-state index in [1.807, 2.05) is 20.8 Å². The zero-order chi connectivity index (χ0) is 17.3. The number of alkyl carbamates (subject to hydrolysis) is 1. The van der Waals surface area contributed by atoms with Gasteiger partial charge in [-0.1, -0.05) is 20.8 Å². The van der Waals surface area contributed by atoms with Gasteiger partial charge in [0.1, 0.15) is 5.60 Å². The second kappa shape index (κ2) is 6.62. The summed E-state index contributed by atoms with van der Waals surface area (Å²) in [5.74, 6) is 0.905. The van der Waals surface area contributed by atoms with Crippen LogP contribution in [-0.4, -0.2) is 42.8 Å². The molecule has 23 heavy (non-hydrogen) atoms. The Bertz CT molecular complexity index is 404. The predicted octanol–water partition coefficient (Wildman–Crippen LogP) is 4.05. The highest BCUT2D eigenvalue weighted by atomic mass is 16.6. The first-order valence-electron chi connectivity index (χ1n) is 9.18. The normalized spacial score (nSPS) is 22.7. The van der Waals surface area contributed by atoms with E-state index in [1.54, 1.807) is 0 Å². The summed E-state index contributed by atoms with van der Waals surface area (Å²) in [6.45, 7) is 16.7. The molecule has 0 unspecified atom stereocenters. The van der Waals surface area contributed by atoms with Crippen LogP contribution in [0.2, 0.25) is 0 Å². The molecule has 0 aromatic heterocycles. The van der Waals surface area contributed by atoms with Crippen LogP contribution in [0.4, 0.5) is 4.79 Å². The lowest BCUT2D eigenvalue weighted by Crippen LogP contribution is -2.51. The molecule has 4 nitrogen and oxygen atoms in total. The molecule has 0 aromatic carbocycles. The minimum absolute atomic E-state index is 0.307. The molecular weight excluding hydrogens is 288 g/mol. The highest BCUT2D eigenvalue weighted by Crippen LogP contribution is 2.57. The molecule has 2 fully saturated rings. The lowest BCUT2D eigenvalue weighted by Gasteiger charge is -2.56. The molecule has 2 aliphatic rings. The van der Waals surface area contributed by atoms with Crippen molar-refractivity contribution in [3.63, 3.8) is 0 Å². The molecule has 1 N–H and O–H groups in total. The van der Waals surface area contributed by atoms with Crippen LogP contribution in [0.15, 0.2) is 0 Å². The van der Waals surface area contributed by atoms with Gasteiger partial charge in [0.05, 0.1) is 0 Å². The fraction of sp³-hybridized carbons (Fsp3) is 0.947. The highest BCUT2D eigenvalue weighted by molar-refractivity contribution is 5.67. The molecule has 1 amide bonds. The number of piperidine rings is 1. The molecule has 134 valence electrons. The number of carbonyl (C=O) groups is 1. The van der Waals surface area contributed by atoms with Gasteiger partial charge < -0.3 is 15.0 Å². The van der Waals surface area contributed by atoms with Crippen molar-refractivity contribution in [1.29, 1.82) is 0 Å². The zero-order valence-electron chi connectivity index (χ0n) is 16.0. The Kier molecular flexibility index (Phi) is 5.34. The monoisotopic (exact) mass is 324 g/mol. The Morgan fingerprint density at radius 3 is 2.17 bits per heavy atom. The van der Waals surface area contributed by atoms with Crippen molar-refractivity contribution in [2.24, 2.45) is 16.7 Å². The van der Waals surface area contributed by atoms with Crippen LogP contribution in [0.5, 0.6) is 0 Å². The fourth-order valence-corrected chi connectivity index (χ4v) is 3.89. The lowest BCUT2D eigenvalue weighted by atomic mass is 9.52. The number of ether oxygens (including phenoxy) is 1. The summed E-state index contributed by atoms with van der Waals surface area (Å²) < 4.78 is 5.26. The minimum atomic E-state index is -0.421. The van der Waals surface area contributed by atoms with Crippen molar-refractivity contribution in [1.82, 2.24) is 10.2 Å². The van der Waals surface area contributed by atoms with E-state index in [1.165, 1.54) is 38.8 Å². The molecule has 0 atom stereocenters. The first-order chi connectivity index (χ1) is 10.5. The molecular formula is C19H36N2O2. The van der Waals surface area contributed by atoms with Gasteiger partial charge in [-0.3, -0.25) is 0 Å². The van der Waals surface area contributed by atoms with Crippen LogP contribution in [0.3, 0.4) is 0 Å². The summed E-state index contributed by atoms with van der Waals surface area (Å²) in [6.07, 6.45) is 5.18. The smallest absolute Gasteiger partial charge is 0.407 e. The van der Waals surface area contributed by atoms with E-state index in [0.717, 1.165) is 12.5 Å². The van der Waals surface area contributed by atoms with Crippen LogP contribution < -0.4 is 5.32 Å². The SMILES string of the molecule is CC(C)(C)OC(=O)NCCN1CCC2(CC1)CC(C(C)(C)C)C2. The molecule has 1 aliphatic carbocycles. The van der Waals surface area contributed by atoms with Crippen LogP contribution in [0, 0.1) is 16.7 Å². The Balaban J connectivity index is 1.62. The van der Waals surface area contributed by atoms with Gasteiger partial charge in [-0.15, -0.1) is 0 Å². The predicted molar refractivity (Wildman–Crippen MR) is 94.5 cm³/mol. The average Bonchev–Trinajstić information content (AvgIpc) is 2.33. The average molecular weight is 325 g/mol. The highest BCUT2D eigenvalue weighted by Gasteiger charge is 2.49. The van der Waals surface area contributed by atoms with Crippen molar-refractivity contribution >= 4 is 6.09 Å². The summed E-state index contributed by atoms with van der Waals surface area (Å²) in [5, 5.41) is 2.86. The summed E-state index contributed by atoms with van der Waals surface area (Å²) >= 11 is 0. The van der Waals surface area contributed by atoms with Gasteiger partial charge in [0.15, 0.2) is 0 Å². The van der Waals surface area contributed by atoms with Crippen LogP contribution in [0.25, 0.3) is 0 Å². The molecule has 1 aliphatic heterocycles. The second-order valence-electron chi connectivity index (χ2n) is 9.74. The number of hydrogen-bond acceptors (Lipinski definition) is 3. The van der Waals surface area contributed by atoms with Crippen LogP contribution in [-0.2, 0) is 4.74 Å². The van der Waals surface area contributed by atoms with E-state index in [2.05, 4.69) is 31.0 Å². The number of carbonyl (C=O) groups excluding carboxylic acids is 1. The molecule has 1 saturated carbocycles. The van der Waals surface area contributed by atoms with Crippen LogP contribution in [0.1, 0.15) is 67.2 Å². The first kappa shape index (κ1) is 18.6. The van der Waals surface area contributed by atoms with E-state index >= 15 is 0 Å². The third kappa shape index (κ3) is 5.37. The quantitative estimate of drug-likeness (QED) is 0.851. The third-order valence-corrected chi connectivity index (χ3v) is 5.60. The van der Waals surface area contributed by atoms with E-state index in [9.17, 15) is 4.79 Å². The summed E-state index contributed by atoms with van der Waals surface area (Å²) in [7, 11) is 0. The number of nitrogens with one attached hydrogen (secondary N) is 1. The molecule has 1 heterocycles. The molecule has 2 rings (SSSR count). The maximum absolute atomic E-state index is 11.6. The number of likely N-dealkylation sites (tertiary alicyclic amines) is 1. The summed E-state index contributed by atoms with van der Waals surface area (Å²) in [5.41, 5.74) is 0.683. The number of nitrogens with zero attached hydrogens (tertiary/aromatic N) is 1. The topological polar surface area (TPSA) is 41.6 Å². The first-order valence-corrected chi connectivity index (χ1v) is 9.18. The van der Waals surface area contributed by atoms with Gasteiger partial charge in [0.2, 0.25) is 0 Å². The van der Waals surface area contributed by atoms with E-state index in [4.69, 9.17) is 4.74 Å². The van der Waals surface area contributed by atoms with Crippen molar-refractivity contribution in [3.05, 3.63) is 0 Å². The van der Waals surface area contributed by atoms with Crippen molar-refractivity contribution < 1.29 is 9.53 Å². The molecule has 0 aromatic rings. The van der Waals surface area contributed by atoms with Gasteiger partial charge in [-0.05, 0) is 76.3 Å². The molecule has 0 radical (unpaired) electrons. The Morgan fingerprint density at radius 1 is 1.13 bits per heavy atom. The molecule has 0 bridgehead atoms. The standard InChI is InChI=1S/C19H36N2O2/c1-17(2,3)15-13-19(14-15)7-10-21(11-8-19)12-9-20-16(22)23-18(4,5)6/h15H,7-14H2,1-6H3,(H,20,22). The minimum Gasteiger partial charge on any atom is -0.444 e. The molecule has 4 heteroatoms. The van der Waals surface area contributed by atoms with Crippen LogP contribution >= 0.6 is 0 Å². The number of rotatable bonds is 3. The third-order valence-electron chi connectivity index (χ3n) is 5.60. The maximum atomic E-state index is 11.6. The number of hydrogen-bond donors (Lipinski definition) is 1. The molecule has 1 saturated heterocycles. The largest absolute Gasteiger partial charge is 0.444 e. The van der Waals surface area contributed by atoms with Gasteiger partial charge in [-0.25, -0.2) is 4.79 Å². The molecule has 1 spiro atoms. The maximum Gasteiger partial charge on any atom is 0.407 e. The van der Waals surface area contributed by atoms with Crippen molar-refractivity contribution in [2.75, 3.05) is 26.2 Å². The Hall–Kier alpha value is -0.770. The summed E-state index contributed by atoms with van der Waals surface area (Å²) in [4.78, 5) is 14.1. The van der Waals surface area contributed by atoms with Gasteiger partial charge in [-0.2, -0.15) is 0 Å². The Labute approximate surface area is 142 Å². The summed E-state index contributed by atoms with van der Waals surface area (Å²) in [6, 6.07) is 0. The zero-order valence-corrected chi connectivity index (χ0v) is 16.0. The van der Waals surface area contributed by atoms with Gasteiger partial charge >= 0.3 is 6.09 Å². The second-order valence-corrected chi connectivity index (χ2v) is 9.74. The van der Waals surface area contributed by atoms with Gasteiger partial charge in [0, 0.05) is 13.1 Å². The number of amides is 1. The van der Waals surface area contributed by atoms with Crippen molar-refractivity contribution in [3.8, 4) is 0 Å². The lowest BCUT2D eigenvalue weighted by molar-refractivity contribution is -0.0560. The fourth-order valence-electron chi connectivity index (χ4n) is 3.89. The Morgan fingerprint density at radius 2 is 1.70 bits per heavy atom. The van der Waals surface area contributed by atoms with E-state index in [0.29, 0.717) is 17.4 Å². The van der Waals surface area contributed by atoms with E-state index < -0.39 is 5.60 Å². The van der Waals surface area contributed by atoms with Crippen molar-refractivity contribution in [2.45, 2.75) is 72.8 Å².